The van der Waals surface area contributed by atoms with Crippen molar-refractivity contribution in [3.05, 3.63) is 89.0 Å². The Morgan fingerprint density at radius 2 is 1.37 bits per heavy atom. The van der Waals surface area contributed by atoms with E-state index in [4.69, 9.17) is 0 Å². The van der Waals surface area contributed by atoms with Crippen LogP contribution in [0.1, 0.15) is 22.3 Å². The normalized spacial score (nSPS) is 14.7. The van der Waals surface area contributed by atoms with E-state index in [1.807, 2.05) is 0 Å². The molecule has 0 atom stereocenters. The molecule has 0 spiro atoms. The van der Waals surface area contributed by atoms with Crippen molar-refractivity contribution in [1.29, 1.82) is 0 Å². The van der Waals surface area contributed by atoms with Crippen LogP contribution in [0.25, 0.3) is 11.1 Å². The van der Waals surface area contributed by atoms with Gasteiger partial charge in [0.15, 0.2) is 5.71 Å². The van der Waals surface area contributed by atoms with Gasteiger partial charge in [0.25, 0.3) is 0 Å². The van der Waals surface area contributed by atoms with Gasteiger partial charge in [-0.25, -0.2) is 8.78 Å². The average molecular weight is 617 g/mol. The number of halogens is 11. The Bertz CT molecular complexity index is 1620. The van der Waals surface area contributed by atoms with Crippen molar-refractivity contribution in [2.75, 3.05) is 0 Å². The van der Waals surface area contributed by atoms with Gasteiger partial charge in [-0.2, -0.15) is 47.9 Å². The van der Waals surface area contributed by atoms with Gasteiger partial charge in [0, 0.05) is 5.56 Å². The van der Waals surface area contributed by atoms with Crippen LogP contribution in [0, 0.1) is 0 Å². The van der Waals surface area contributed by atoms with E-state index in [2.05, 4.69) is 9.44 Å². The molecule has 4 rings (SSSR count). The number of alkyl halides is 11. The molecule has 0 bridgehead atoms. The molecule has 3 aromatic carbocycles. The van der Waals surface area contributed by atoms with E-state index in [9.17, 15) is 47.9 Å². The fourth-order valence-corrected chi connectivity index (χ4v) is 5.08. The van der Waals surface area contributed by atoms with Crippen LogP contribution in [0.4, 0.5) is 48.3 Å². The molecule has 220 valence electrons. The first-order valence-corrected chi connectivity index (χ1v) is 12.5. The second-order valence-electron chi connectivity index (χ2n) is 8.74. The lowest BCUT2D eigenvalue weighted by atomic mass is 9.93. The number of hydrogen-bond donors (Lipinski definition) is 0. The molecule has 16 heteroatoms. The Hall–Kier alpha value is -3.69. The summed E-state index contributed by atoms with van der Waals surface area (Å²) in [4.78, 5) is -1.67. The molecular formula is C25H14F11NO3S. The Labute approximate surface area is 224 Å². The number of fused-ring (bicyclic) bond motifs is 3. The Balaban J connectivity index is 1.88. The van der Waals surface area contributed by atoms with Crippen LogP contribution in [-0.2, 0) is 27.0 Å². The second-order valence-corrected chi connectivity index (χ2v) is 10.2. The van der Waals surface area contributed by atoms with Gasteiger partial charge in [0.05, 0.1) is 5.56 Å². The average Bonchev–Trinajstić information content (AvgIpc) is 3.25. The molecular weight excluding hydrogens is 603 g/mol. The van der Waals surface area contributed by atoms with Gasteiger partial charge in [-0.1, -0.05) is 53.7 Å². The zero-order chi connectivity index (χ0) is 30.6. The van der Waals surface area contributed by atoms with Crippen LogP contribution in [0.5, 0.6) is 0 Å². The summed E-state index contributed by atoms with van der Waals surface area (Å²) in [6.07, 6.45) is -10.6. The minimum atomic E-state index is -6.88. The maximum Gasteiger partial charge on any atom is 0.417 e. The van der Waals surface area contributed by atoms with Crippen molar-refractivity contribution in [3.63, 3.8) is 0 Å². The molecule has 0 aromatic heterocycles. The standard InChI is InChI=1S/C25H14F11NO3S/c26-21(27)23(30,31)25(35,36)22(28,29)20(14-9-10-17-15(12-14)11-13-5-1-2-6-16(13)17)37-40-41(38,39)19-8-4-3-7-18(19)24(32,33)34/h1-10,12,21H,11H2. The highest BCUT2D eigenvalue weighted by Crippen LogP contribution is 2.50. The predicted octanol–water partition coefficient (Wildman–Crippen LogP) is 7.56. The van der Waals surface area contributed by atoms with Crippen LogP contribution in [0.2, 0.25) is 0 Å². The molecule has 1 aliphatic carbocycles. The number of oxime groups is 1. The van der Waals surface area contributed by atoms with E-state index in [1.54, 1.807) is 24.3 Å². The third-order valence-corrected chi connectivity index (χ3v) is 7.31. The van der Waals surface area contributed by atoms with Gasteiger partial charge in [-0.15, -0.1) is 0 Å². The summed E-state index contributed by atoms with van der Waals surface area (Å²) in [6, 6.07) is 11.1. The van der Waals surface area contributed by atoms with E-state index in [-0.39, 0.29) is 18.1 Å². The van der Waals surface area contributed by atoms with Crippen LogP contribution < -0.4 is 0 Å². The first kappa shape index (κ1) is 30.3. The molecule has 0 heterocycles. The highest BCUT2D eigenvalue weighted by atomic mass is 32.2. The topological polar surface area (TPSA) is 55.7 Å². The number of rotatable bonds is 8. The van der Waals surface area contributed by atoms with Crippen molar-refractivity contribution < 1.29 is 61.0 Å². The van der Waals surface area contributed by atoms with Gasteiger partial charge in [-0.05, 0) is 46.9 Å². The first-order valence-electron chi connectivity index (χ1n) is 11.1. The van der Waals surface area contributed by atoms with Crippen molar-refractivity contribution in [1.82, 2.24) is 0 Å². The zero-order valence-electron chi connectivity index (χ0n) is 19.9. The monoisotopic (exact) mass is 617 g/mol. The smallest absolute Gasteiger partial charge is 0.264 e. The summed E-state index contributed by atoms with van der Waals surface area (Å²) in [6.45, 7) is 0. The van der Waals surface area contributed by atoms with Gasteiger partial charge >= 0.3 is 40.5 Å². The number of hydrogen-bond acceptors (Lipinski definition) is 4. The molecule has 0 saturated heterocycles. The lowest BCUT2D eigenvalue weighted by Gasteiger charge is -2.32. The van der Waals surface area contributed by atoms with Crippen LogP contribution in [-0.4, -0.2) is 38.3 Å². The quantitative estimate of drug-likeness (QED) is 0.117. The van der Waals surface area contributed by atoms with E-state index in [1.165, 1.54) is 0 Å². The van der Waals surface area contributed by atoms with Gasteiger partial charge < -0.3 is 0 Å². The molecule has 0 N–H and O–H groups in total. The van der Waals surface area contributed by atoms with E-state index < -0.39 is 62.2 Å². The number of benzene rings is 3. The minimum absolute atomic E-state index is 0.0138. The van der Waals surface area contributed by atoms with Crippen molar-refractivity contribution >= 4 is 15.8 Å². The molecule has 3 aromatic rings. The largest absolute Gasteiger partial charge is 0.417 e. The fourth-order valence-electron chi connectivity index (χ4n) is 4.12. The van der Waals surface area contributed by atoms with Crippen molar-refractivity contribution in [3.8, 4) is 11.1 Å². The third kappa shape index (κ3) is 5.13. The third-order valence-electron chi connectivity index (χ3n) is 6.14. The van der Waals surface area contributed by atoms with Crippen molar-refractivity contribution in [2.24, 2.45) is 5.16 Å². The number of nitrogens with zero attached hydrogens (tertiary/aromatic N) is 1. The van der Waals surface area contributed by atoms with Crippen LogP contribution in [0.15, 0.2) is 76.8 Å². The molecule has 0 saturated carbocycles. The lowest BCUT2D eigenvalue weighted by Crippen LogP contribution is -2.60. The molecule has 0 aliphatic heterocycles. The minimum Gasteiger partial charge on any atom is -0.264 e. The fraction of sp³-hybridized carbons (Fsp3) is 0.240. The van der Waals surface area contributed by atoms with E-state index in [0.29, 0.717) is 28.8 Å². The van der Waals surface area contributed by atoms with Gasteiger partial charge in [0.1, 0.15) is 4.90 Å². The van der Waals surface area contributed by atoms with Crippen LogP contribution in [0.3, 0.4) is 0 Å². The predicted molar refractivity (Wildman–Crippen MR) is 122 cm³/mol. The molecule has 0 unspecified atom stereocenters. The SMILES string of the molecule is O=S(=O)(ON=C(c1ccc2c(c1)Cc1ccccc1-2)C(F)(F)C(F)(F)C(F)(F)C(F)F)c1ccccc1C(F)(F)F. The molecule has 1 aliphatic rings. The summed E-state index contributed by atoms with van der Waals surface area (Å²) in [7, 11) is -5.81. The second kappa shape index (κ2) is 9.99. The summed E-state index contributed by atoms with van der Waals surface area (Å²) in [5, 5.41) is 2.40. The highest BCUT2D eigenvalue weighted by Gasteiger charge is 2.77. The summed E-state index contributed by atoms with van der Waals surface area (Å²) in [5.74, 6) is -19.9. The lowest BCUT2D eigenvalue weighted by molar-refractivity contribution is -0.319. The molecule has 4 nitrogen and oxygen atoms in total. The summed E-state index contributed by atoms with van der Waals surface area (Å²) in [5.41, 5.74) is -3.77. The summed E-state index contributed by atoms with van der Waals surface area (Å²) >= 11 is 0. The Morgan fingerprint density at radius 1 is 0.780 bits per heavy atom. The maximum atomic E-state index is 15.1. The molecule has 0 fully saturated rings. The van der Waals surface area contributed by atoms with E-state index in [0.717, 1.165) is 24.3 Å². The highest BCUT2D eigenvalue weighted by molar-refractivity contribution is 7.86. The van der Waals surface area contributed by atoms with Crippen LogP contribution >= 0.6 is 0 Å². The first-order chi connectivity index (χ1) is 18.8. The zero-order valence-corrected chi connectivity index (χ0v) is 20.7. The maximum absolute atomic E-state index is 15.1. The molecule has 41 heavy (non-hydrogen) atoms. The Kier molecular flexibility index (Phi) is 7.38. The van der Waals surface area contributed by atoms with E-state index >= 15 is 8.78 Å². The molecule has 0 radical (unpaired) electrons. The van der Waals surface area contributed by atoms with Gasteiger partial charge in [0.2, 0.25) is 0 Å². The van der Waals surface area contributed by atoms with Gasteiger partial charge in [-0.3, -0.25) is 4.28 Å². The summed E-state index contributed by atoms with van der Waals surface area (Å²) < 4.78 is 181. The Morgan fingerprint density at radius 3 is 2.00 bits per heavy atom. The molecule has 0 amide bonds. The van der Waals surface area contributed by atoms with Crippen molar-refractivity contribution in [2.45, 2.75) is 41.7 Å².